The van der Waals surface area contributed by atoms with Gasteiger partial charge in [-0.3, -0.25) is 4.79 Å². The fourth-order valence-electron chi connectivity index (χ4n) is 2.21. The fourth-order valence-corrected chi connectivity index (χ4v) is 2.47. The van der Waals surface area contributed by atoms with Crippen molar-refractivity contribution in [2.75, 3.05) is 20.2 Å². The number of ether oxygens (including phenoxy) is 1. The van der Waals surface area contributed by atoms with Crippen LogP contribution in [-0.2, 0) is 11.2 Å². The van der Waals surface area contributed by atoms with E-state index in [0.717, 1.165) is 25.2 Å². The lowest BCUT2D eigenvalue weighted by atomic mass is 10.0. The molecule has 3 N–H and O–H groups in total. The van der Waals surface area contributed by atoms with E-state index in [1.807, 2.05) is 6.92 Å². The van der Waals surface area contributed by atoms with E-state index in [2.05, 4.69) is 20.6 Å². The van der Waals surface area contributed by atoms with Crippen LogP contribution in [0.5, 0.6) is 0 Å². The number of piperidine rings is 1. The molecule has 0 spiro atoms. The van der Waals surface area contributed by atoms with Gasteiger partial charge in [-0.15, -0.1) is 0 Å². The minimum absolute atomic E-state index is 0.00676. The molecule has 0 aliphatic carbocycles. The molecule has 2 atom stereocenters. The minimum atomic E-state index is -0.240. The number of aromatic nitrogens is 2. The molecule has 1 aromatic rings. The van der Waals surface area contributed by atoms with Crippen LogP contribution in [0.4, 0.5) is 0 Å². The van der Waals surface area contributed by atoms with Crippen LogP contribution in [-0.4, -0.2) is 48.2 Å². The molecule has 0 aromatic carbocycles. The second kappa shape index (κ2) is 6.36. The minimum Gasteiger partial charge on any atom is -0.378 e. The summed E-state index contributed by atoms with van der Waals surface area (Å²) in [5, 5.41) is 6.54. The summed E-state index contributed by atoms with van der Waals surface area (Å²) in [4.78, 5) is 19.1. The number of hydrogen-bond acceptors (Lipinski definition) is 4. The van der Waals surface area contributed by atoms with Crippen molar-refractivity contribution in [2.24, 2.45) is 0 Å². The predicted octanol–water partition coefficient (Wildman–Crippen LogP) is 0.732. The van der Waals surface area contributed by atoms with Gasteiger partial charge in [0.05, 0.1) is 17.8 Å². The second-order valence-electron chi connectivity index (χ2n) is 4.56. The molecule has 19 heavy (non-hydrogen) atoms. The Morgan fingerprint density at radius 1 is 1.63 bits per heavy atom. The maximum Gasteiger partial charge on any atom is 0.287 e. The van der Waals surface area contributed by atoms with Crippen LogP contribution >= 0.6 is 11.6 Å². The summed E-state index contributed by atoms with van der Waals surface area (Å²) in [6, 6.07) is -0.00676. The Hall–Kier alpha value is -1.11. The lowest BCUT2D eigenvalue weighted by molar-refractivity contribution is 0.0473. The summed E-state index contributed by atoms with van der Waals surface area (Å²) in [6.45, 7) is 3.55. The molecule has 1 aliphatic rings. The fraction of sp³-hybridized carbons (Fsp3) is 0.667. The highest BCUT2D eigenvalue weighted by Gasteiger charge is 2.27. The number of hydrogen-bond donors (Lipinski definition) is 3. The number of aryl methyl sites for hydroxylation is 1. The Kier molecular flexibility index (Phi) is 4.79. The van der Waals surface area contributed by atoms with E-state index >= 15 is 0 Å². The first-order chi connectivity index (χ1) is 9.15. The Morgan fingerprint density at radius 2 is 2.42 bits per heavy atom. The molecule has 1 fully saturated rings. The molecule has 1 saturated heterocycles. The van der Waals surface area contributed by atoms with Gasteiger partial charge < -0.3 is 20.4 Å². The van der Waals surface area contributed by atoms with Crippen LogP contribution in [0.1, 0.15) is 29.7 Å². The Bertz CT molecular complexity index is 449. The van der Waals surface area contributed by atoms with Crippen LogP contribution in [0.15, 0.2) is 0 Å². The molecule has 7 heteroatoms. The van der Waals surface area contributed by atoms with Crippen LogP contribution < -0.4 is 10.6 Å². The van der Waals surface area contributed by atoms with E-state index in [-0.39, 0.29) is 23.9 Å². The molecule has 1 aromatic heterocycles. The van der Waals surface area contributed by atoms with Crippen molar-refractivity contribution >= 4 is 17.5 Å². The largest absolute Gasteiger partial charge is 0.378 e. The Balaban J connectivity index is 2.03. The molecule has 2 rings (SSSR count). The number of methoxy groups -OCH3 is 1. The van der Waals surface area contributed by atoms with Crippen molar-refractivity contribution in [3.05, 3.63) is 16.7 Å². The van der Waals surface area contributed by atoms with Crippen molar-refractivity contribution < 1.29 is 9.53 Å². The number of H-pyrrole nitrogens is 1. The first-order valence-electron chi connectivity index (χ1n) is 6.44. The highest BCUT2D eigenvalue weighted by molar-refractivity contribution is 6.30. The van der Waals surface area contributed by atoms with Gasteiger partial charge in [-0.2, -0.15) is 0 Å². The summed E-state index contributed by atoms with van der Waals surface area (Å²) in [7, 11) is 1.65. The molecule has 0 radical (unpaired) electrons. The summed E-state index contributed by atoms with van der Waals surface area (Å²) in [5.41, 5.74) is 0.778. The smallest absolute Gasteiger partial charge is 0.287 e. The first kappa shape index (κ1) is 14.3. The third-order valence-electron chi connectivity index (χ3n) is 3.34. The SMILES string of the molecule is CCc1[nH]c(C(=O)NC2CCNCC2OC)nc1Cl. The first-order valence-corrected chi connectivity index (χ1v) is 6.82. The van der Waals surface area contributed by atoms with Gasteiger partial charge in [0.25, 0.3) is 5.91 Å². The lowest BCUT2D eigenvalue weighted by Gasteiger charge is -2.31. The number of nitrogens with one attached hydrogen (secondary N) is 3. The zero-order chi connectivity index (χ0) is 13.8. The monoisotopic (exact) mass is 286 g/mol. The quantitative estimate of drug-likeness (QED) is 0.762. The summed E-state index contributed by atoms with van der Waals surface area (Å²) >= 11 is 5.93. The topological polar surface area (TPSA) is 79.0 Å². The normalized spacial score (nSPS) is 23.3. The molecule has 106 valence electrons. The van der Waals surface area contributed by atoms with Crippen LogP contribution in [0.25, 0.3) is 0 Å². The lowest BCUT2D eigenvalue weighted by Crippen LogP contribution is -2.53. The van der Waals surface area contributed by atoms with E-state index in [0.29, 0.717) is 11.6 Å². The number of amides is 1. The van der Waals surface area contributed by atoms with Crippen molar-refractivity contribution in [3.63, 3.8) is 0 Å². The molecule has 1 amide bonds. The number of nitrogens with zero attached hydrogens (tertiary/aromatic N) is 1. The van der Waals surface area contributed by atoms with Crippen LogP contribution in [0, 0.1) is 0 Å². The average molecular weight is 287 g/mol. The number of imidazole rings is 1. The van der Waals surface area contributed by atoms with Gasteiger partial charge in [0.2, 0.25) is 0 Å². The van der Waals surface area contributed by atoms with E-state index < -0.39 is 0 Å². The summed E-state index contributed by atoms with van der Waals surface area (Å²) in [6.07, 6.45) is 1.53. The highest BCUT2D eigenvalue weighted by atomic mass is 35.5. The number of carbonyl (C=O) groups is 1. The van der Waals surface area contributed by atoms with Gasteiger partial charge in [0.1, 0.15) is 0 Å². The van der Waals surface area contributed by atoms with Crippen molar-refractivity contribution in [3.8, 4) is 0 Å². The molecule has 0 saturated carbocycles. The van der Waals surface area contributed by atoms with E-state index in [1.54, 1.807) is 7.11 Å². The van der Waals surface area contributed by atoms with E-state index in [4.69, 9.17) is 16.3 Å². The molecular formula is C12H19ClN4O2. The van der Waals surface area contributed by atoms with Crippen molar-refractivity contribution in [1.82, 2.24) is 20.6 Å². The highest BCUT2D eigenvalue weighted by Crippen LogP contribution is 2.14. The second-order valence-corrected chi connectivity index (χ2v) is 4.91. The van der Waals surface area contributed by atoms with Crippen LogP contribution in [0.3, 0.4) is 0 Å². The van der Waals surface area contributed by atoms with Gasteiger partial charge in [-0.05, 0) is 19.4 Å². The van der Waals surface area contributed by atoms with Gasteiger partial charge in [0.15, 0.2) is 11.0 Å². The number of carbonyl (C=O) groups excluding carboxylic acids is 1. The summed E-state index contributed by atoms with van der Waals surface area (Å²) < 4.78 is 5.36. The third kappa shape index (κ3) is 3.26. The van der Waals surface area contributed by atoms with Gasteiger partial charge in [-0.1, -0.05) is 18.5 Å². The molecule has 1 aliphatic heterocycles. The van der Waals surface area contributed by atoms with Gasteiger partial charge >= 0.3 is 0 Å². The van der Waals surface area contributed by atoms with Crippen molar-refractivity contribution in [2.45, 2.75) is 31.9 Å². The number of rotatable bonds is 4. The number of halogens is 1. The van der Waals surface area contributed by atoms with Crippen molar-refractivity contribution in [1.29, 1.82) is 0 Å². The third-order valence-corrected chi connectivity index (χ3v) is 3.66. The van der Waals surface area contributed by atoms with E-state index in [1.165, 1.54) is 0 Å². The molecule has 6 nitrogen and oxygen atoms in total. The molecule has 2 heterocycles. The maximum absolute atomic E-state index is 12.1. The zero-order valence-corrected chi connectivity index (χ0v) is 11.9. The Labute approximate surface area is 117 Å². The number of aromatic amines is 1. The maximum atomic E-state index is 12.1. The Morgan fingerprint density at radius 3 is 3.05 bits per heavy atom. The van der Waals surface area contributed by atoms with E-state index in [9.17, 15) is 4.79 Å². The molecular weight excluding hydrogens is 268 g/mol. The molecule has 0 bridgehead atoms. The van der Waals surface area contributed by atoms with Gasteiger partial charge in [0, 0.05) is 13.7 Å². The summed E-state index contributed by atoms with van der Waals surface area (Å²) in [5.74, 6) is 0.0192. The standard InChI is InChI=1S/C12H19ClN4O2/c1-3-7-10(13)17-11(15-7)12(18)16-8-4-5-14-6-9(8)19-2/h8-9,14H,3-6H2,1-2H3,(H,15,17)(H,16,18). The average Bonchev–Trinajstić information content (AvgIpc) is 2.80. The van der Waals surface area contributed by atoms with Crippen LogP contribution in [0.2, 0.25) is 5.15 Å². The predicted molar refractivity (Wildman–Crippen MR) is 72.5 cm³/mol. The molecule has 2 unspecified atom stereocenters. The zero-order valence-electron chi connectivity index (χ0n) is 11.1. The van der Waals surface area contributed by atoms with Gasteiger partial charge in [-0.25, -0.2) is 4.98 Å².